The van der Waals surface area contributed by atoms with Crippen molar-refractivity contribution in [1.82, 2.24) is 4.90 Å². The number of ether oxygens (including phenoxy) is 3. The fraction of sp³-hybridized carbons (Fsp3) is 0.394. The molecule has 1 amide bonds. The number of hydrogen-bond acceptors (Lipinski definition) is 7. The summed E-state index contributed by atoms with van der Waals surface area (Å²) in [5.74, 6) is -0.645. The molecule has 0 aromatic heterocycles. The maximum Gasteiger partial charge on any atom is 0.309 e. The van der Waals surface area contributed by atoms with Crippen molar-refractivity contribution in [3.8, 4) is 17.2 Å². The van der Waals surface area contributed by atoms with Gasteiger partial charge in [0.25, 0.3) is 0 Å². The summed E-state index contributed by atoms with van der Waals surface area (Å²) in [6.07, 6.45) is 1.40. The van der Waals surface area contributed by atoms with E-state index in [0.29, 0.717) is 54.9 Å². The zero-order valence-electron chi connectivity index (χ0n) is 24.3. The number of rotatable bonds is 11. The molecular weight excluding hydrogens is 572 g/mol. The monoisotopic (exact) mass is 608 g/mol. The Bertz CT molecular complexity index is 1440. The first-order valence-electron chi connectivity index (χ1n) is 14.6. The first kappa shape index (κ1) is 30.7. The number of likely N-dealkylation sites (tertiary alicyclic amines) is 1. The summed E-state index contributed by atoms with van der Waals surface area (Å²) >= 11 is 6.33. The second-order valence-corrected chi connectivity index (χ2v) is 11.2. The predicted octanol–water partition coefficient (Wildman–Crippen LogP) is 5.09. The van der Waals surface area contributed by atoms with E-state index in [0.717, 1.165) is 27.9 Å². The molecule has 0 aliphatic carbocycles. The molecule has 3 atom stereocenters. The van der Waals surface area contributed by atoms with Crippen LogP contribution < -0.4 is 19.5 Å². The van der Waals surface area contributed by atoms with E-state index in [1.54, 1.807) is 12.1 Å². The van der Waals surface area contributed by atoms with Crippen molar-refractivity contribution in [3.05, 3.63) is 81.9 Å². The molecule has 3 aromatic carbocycles. The van der Waals surface area contributed by atoms with Gasteiger partial charge in [-0.05, 0) is 71.5 Å². The zero-order valence-corrected chi connectivity index (χ0v) is 25.1. The van der Waals surface area contributed by atoms with Crippen molar-refractivity contribution in [2.45, 2.75) is 38.6 Å². The number of nitrogens with one attached hydrogen (secondary N) is 1. The molecule has 0 bridgehead atoms. The summed E-state index contributed by atoms with van der Waals surface area (Å²) in [7, 11) is 0. The fourth-order valence-corrected chi connectivity index (χ4v) is 6.41. The summed E-state index contributed by atoms with van der Waals surface area (Å²) in [5, 5.41) is 23.4. The molecule has 5 rings (SSSR count). The lowest BCUT2D eigenvalue weighted by molar-refractivity contribution is -0.143. The van der Waals surface area contributed by atoms with Gasteiger partial charge in [-0.15, -0.1) is 0 Å². The Balaban J connectivity index is 1.48. The van der Waals surface area contributed by atoms with Crippen LogP contribution in [0.1, 0.15) is 48.1 Å². The first-order chi connectivity index (χ1) is 20.8. The Morgan fingerprint density at radius 2 is 1.63 bits per heavy atom. The molecule has 43 heavy (non-hydrogen) atoms. The van der Waals surface area contributed by atoms with E-state index in [2.05, 4.69) is 5.32 Å². The Labute approximate surface area is 256 Å². The number of aliphatic hydroxyl groups excluding tert-OH is 1. The fourth-order valence-electron chi connectivity index (χ4n) is 6.15. The van der Waals surface area contributed by atoms with E-state index < -0.39 is 23.8 Å². The number of carboxylic acids is 1. The van der Waals surface area contributed by atoms with E-state index in [4.69, 9.17) is 30.9 Å². The lowest BCUT2D eigenvalue weighted by Gasteiger charge is -2.27. The van der Waals surface area contributed by atoms with Crippen molar-refractivity contribution in [3.63, 3.8) is 0 Å². The number of aliphatic carboxylic acids is 1. The third-order valence-corrected chi connectivity index (χ3v) is 8.32. The third-order valence-electron chi connectivity index (χ3n) is 8.10. The number of carbonyl (C=O) groups is 2. The van der Waals surface area contributed by atoms with E-state index in [-0.39, 0.29) is 25.7 Å². The van der Waals surface area contributed by atoms with Gasteiger partial charge in [0.05, 0.1) is 19.1 Å². The summed E-state index contributed by atoms with van der Waals surface area (Å²) in [6, 6.07) is 15.9. The number of halogens is 1. The van der Waals surface area contributed by atoms with Gasteiger partial charge < -0.3 is 29.7 Å². The average molecular weight is 609 g/mol. The first-order valence-corrected chi connectivity index (χ1v) is 15.0. The molecule has 0 radical (unpaired) electrons. The highest BCUT2D eigenvalue weighted by Crippen LogP contribution is 2.47. The number of hydrogen-bond donors (Lipinski definition) is 3. The molecule has 3 N–H and O–H groups in total. The van der Waals surface area contributed by atoms with Crippen molar-refractivity contribution in [2.75, 3.05) is 44.8 Å². The number of amides is 1. The minimum absolute atomic E-state index is 0.00675. The van der Waals surface area contributed by atoms with Gasteiger partial charge >= 0.3 is 5.97 Å². The Morgan fingerprint density at radius 1 is 0.977 bits per heavy atom. The lowest BCUT2D eigenvalue weighted by atomic mass is 9.82. The molecule has 0 saturated carbocycles. The normalized spacial score (nSPS) is 19.7. The Hall–Kier alpha value is -3.79. The van der Waals surface area contributed by atoms with E-state index >= 15 is 0 Å². The Kier molecular flexibility index (Phi) is 9.75. The van der Waals surface area contributed by atoms with Crippen LogP contribution in [0, 0.1) is 5.92 Å². The van der Waals surface area contributed by atoms with Crippen LogP contribution in [0.25, 0.3) is 0 Å². The van der Waals surface area contributed by atoms with Gasteiger partial charge in [-0.2, -0.15) is 0 Å². The SMILES string of the molecule is CCc1cc(Cl)cc(CC)c1NC(=O)CN1C[C@H](c2ccc3c(c2)OCCO3)C(C(=O)O)[C@@H]1c1ccc(OCCO)cc1. The molecule has 3 aromatic rings. The largest absolute Gasteiger partial charge is 0.491 e. The maximum absolute atomic E-state index is 13.6. The van der Waals surface area contributed by atoms with E-state index in [9.17, 15) is 14.7 Å². The summed E-state index contributed by atoms with van der Waals surface area (Å²) in [6.45, 7) is 5.30. The number of benzene rings is 3. The summed E-state index contributed by atoms with van der Waals surface area (Å²) in [4.78, 5) is 28.5. The second-order valence-electron chi connectivity index (χ2n) is 10.7. The van der Waals surface area contributed by atoms with Gasteiger partial charge in [-0.25, -0.2) is 0 Å². The molecule has 1 unspecified atom stereocenters. The van der Waals surface area contributed by atoms with Crippen LogP contribution in [-0.4, -0.2) is 66.5 Å². The van der Waals surface area contributed by atoms with Crippen LogP contribution >= 0.6 is 11.6 Å². The van der Waals surface area contributed by atoms with Crippen LogP contribution in [0.15, 0.2) is 54.6 Å². The Morgan fingerprint density at radius 3 is 2.26 bits per heavy atom. The molecule has 2 aliphatic rings. The molecule has 1 saturated heterocycles. The maximum atomic E-state index is 13.6. The molecule has 0 spiro atoms. The van der Waals surface area contributed by atoms with Crippen molar-refractivity contribution in [1.29, 1.82) is 0 Å². The van der Waals surface area contributed by atoms with Crippen LogP contribution in [0.4, 0.5) is 5.69 Å². The number of fused-ring (bicyclic) bond motifs is 1. The van der Waals surface area contributed by atoms with Gasteiger partial charge in [0.1, 0.15) is 25.6 Å². The smallest absolute Gasteiger partial charge is 0.309 e. The van der Waals surface area contributed by atoms with E-state index in [1.807, 2.05) is 61.2 Å². The highest BCUT2D eigenvalue weighted by Gasteiger charge is 2.48. The molecule has 1 fully saturated rings. The highest BCUT2D eigenvalue weighted by molar-refractivity contribution is 6.30. The average Bonchev–Trinajstić information content (AvgIpc) is 3.39. The quantitative estimate of drug-likeness (QED) is 0.276. The van der Waals surface area contributed by atoms with Crippen LogP contribution in [0.5, 0.6) is 17.2 Å². The topological polar surface area (TPSA) is 118 Å². The number of aryl methyl sites for hydroxylation is 2. The van der Waals surface area contributed by atoms with Crippen molar-refractivity contribution in [2.24, 2.45) is 5.92 Å². The summed E-state index contributed by atoms with van der Waals surface area (Å²) in [5.41, 5.74) is 4.23. The standard InChI is InChI=1S/C33H37ClN2O7/c1-3-20-15-24(34)16-21(4-2)31(20)35-29(38)19-36-18-26(23-7-10-27-28(17-23)43-14-13-42-27)30(33(39)40)32(36)22-5-8-25(9-6-22)41-12-11-37/h5-10,15-17,26,30,32,37H,3-4,11-14,18-19H2,1-2H3,(H,35,38)(H,39,40)/t26-,30?,32+/m1/s1. The van der Waals surface area contributed by atoms with Crippen LogP contribution in [-0.2, 0) is 22.4 Å². The van der Waals surface area contributed by atoms with Gasteiger partial charge in [-0.1, -0.05) is 43.6 Å². The second kappa shape index (κ2) is 13.7. The minimum atomic E-state index is -0.951. The third kappa shape index (κ3) is 6.74. The molecule has 2 heterocycles. The van der Waals surface area contributed by atoms with Crippen molar-refractivity contribution >= 4 is 29.2 Å². The van der Waals surface area contributed by atoms with Gasteiger partial charge in [0.2, 0.25) is 5.91 Å². The van der Waals surface area contributed by atoms with Gasteiger partial charge in [0, 0.05) is 29.2 Å². The number of nitrogens with zero attached hydrogens (tertiary/aromatic N) is 1. The lowest BCUT2D eigenvalue weighted by Crippen LogP contribution is -2.35. The highest BCUT2D eigenvalue weighted by atomic mass is 35.5. The number of carbonyl (C=O) groups excluding carboxylic acids is 1. The molecule has 10 heteroatoms. The van der Waals surface area contributed by atoms with Gasteiger partial charge in [0.15, 0.2) is 11.5 Å². The zero-order chi connectivity index (χ0) is 30.5. The molecular formula is C33H37ClN2O7. The molecule has 228 valence electrons. The number of aliphatic hydroxyl groups is 1. The van der Waals surface area contributed by atoms with Crippen LogP contribution in [0.3, 0.4) is 0 Å². The minimum Gasteiger partial charge on any atom is -0.491 e. The van der Waals surface area contributed by atoms with E-state index in [1.165, 1.54) is 0 Å². The molecule has 2 aliphatic heterocycles. The summed E-state index contributed by atoms with van der Waals surface area (Å²) < 4.78 is 17.0. The predicted molar refractivity (Wildman–Crippen MR) is 163 cm³/mol. The van der Waals surface area contributed by atoms with Crippen molar-refractivity contribution < 1.29 is 34.0 Å². The molecule has 9 nitrogen and oxygen atoms in total. The van der Waals surface area contributed by atoms with Crippen LogP contribution in [0.2, 0.25) is 5.02 Å². The van der Waals surface area contributed by atoms with Gasteiger partial charge in [-0.3, -0.25) is 14.5 Å². The number of carboxylic acid groups (broad SMARTS) is 1. The number of anilines is 1.